The van der Waals surface area contributed by atoms with Crippen LogP contribution in [0.4, 0.5) is 8.78 Å². The van der Waals surface area contributed by atoms with E-state index in [4.69, 9.17) is 0 Å². The van der Waals surface area contributed by atoms with Crippen LogP contribution >= 0.6 is 11.8 Å². The molecular weight excluding hydrogens is 322 g/mol. The molecule has 7 heteroatoms. The first kappa shape index (κ1) is 16.2. The molecule has 3 rings (SSSR count). The molecule has 2 fully saturated rings. The van der Waals surface area contributed by atoms with Gasteiger partial charge in [-0.05, 0) is 25.8 Å². The number of carbonyl (C=O) groups is 2. The van der Waals surface area contributed by atoms with Crippen molar-refractivity contribution in [3.63, 3.8) is 0 Å². The van der Waals surface area contributed by atoms with Gasteiger partial charge in [0.05, 0.1) is 5.25 Å². The lowest BCUT2D eigenvalue weighted by molar-refractivity contribution is -0.130. The molecule has 1 saturated heterocycles. The predicted molar refractivity (Wildman–Crippen MR) is 83.6 cm³/mol. The zero-order valence-corrected chi connectivity index (χ0v) is 13.5. The summed E-state index contributed by atoms with van der Waals surface area (Å²) < 4.78 is 27.1. The van der Waals surface area contributed by atoms with Crippen LogP contribution in [0, 0.1) is 11.6 Å². The molecule has 2 aliphatic rings. The van der Waals surface area contributed by atoms with Crippen LogP contribution in [0.15, 0.2) is 18.2 Å². The minimum absolute atomic E-state index is 0.0943. The number of benzene rings is 1. The second-order valence-corrected chi connectivity index (χ2v) is 7.35. The molecule has 0 aromatic heterocycles. The van der Waals surface area contributed by atoms with Gasteiger partial charge in [-0.2, -0.15) is 0 Å². The molecule has 1 aromatic rings. The molecule has 2 atom stereocenters. The summed E-state index contributed by atoms with van der Waals surface area (Å²) in [5, 5.41) is 2.04. The van der Waals surface area contributed by atoms with Crippen LogP contribution in [0.25, 0.3) is 0 Å². The van der Waals surface area contributed by atoms with Gasteiger partial charge in [0.2, 0.25) is 11.8 Å². The van der Waals surface area contributed by atoms with Gasteiger partial charge >= 0.3 is 0 Å². The second-order valence-electron chi connectivity index (χ2n) is 5.92. The van der Waals surface area contributed by atoms with Gasteiger partial charge in [0, 0.05) is 30.6 Å². The summed E-state index contributed by atoms with van der Waals surface area (Å²) in [4.78, 5) is 25.6. The van der Waals surface area contributed by atoms with Crippen molar-refractivity contribution >= 4 is 23.6 Å². The Morgan fingerprint density at radius 1 is 1.39 bits per heavy atom. The molecule has 0 radical (unpaired) electrons. The lowest BCUT2D eigenvalue weighted by Gasteiger charge is -2.24. The number of amides is 2. The second kappa shape index (κ2) is 6.47. The topological polar surface area (TPSA) is 49.4 Å². The minimum Gasteiger partial charge on any atom is -0.353 e. The van der Waals surface area contributed by atoms with E-state index in [0.717, 1.165) is 18.9 Å². The highest BCUT2D eigenvalue weighted by atomic mass is 32.2. The van der Waals surface area contributed by atoms with E-state index in [9.17, 15) is 18.4 Å². The van der Waals surface area contributed by atoms with Crippen molar-refractivity contribution in [3.05, 3.63) is 35.4 Å². The van der Waals surface area contributed by atoms with Gasteiger partial charge in [-0.1, -0.05) is 6.07 Å². The van der Waals surface area contributed by atoms with Crippen molar-refractivity contribution in [2.75, 3.05) is 6.54 Å². The first-order valence-electron chi connectivity index (χ1n) is 7.66. The van der Waals surface area contributed by atoms with E-state index in [0.29, 0.717) is 0 Å². The Kier molecular flexibility index (Phi) is 4.57. The SMILES string of the molecule is C[C@H]1S[C@H](c2ccc(F)cc2F)N(CCC(=O)NC2CC2)C1=O. The standard InChI is InChI=1S/C16H18F2N2O2S/c1-9-15(22)20(7-6-14(21)19-11-3-4-11)16(23-9)12-5-2-10(17)8-13(12)18/h2,5,8-9,11,16H,3-4,6-7H2,1H3,(H,19,21)/t9-,16-/m1/s1. The molecule has 1 saturated carbocycles. The molecule has 23 heavy (non-hydrogen) atoms. The highest BCUT2D eigenvalue weighted by Crippen LogP contribution is 2.43. The van der Waals surface area contributed by atoms with Gasteiger partial charge in [0.25, 0.3) is 0 Å². The fourth-order valence-corrected chi connectivity index (χ4v) is 3.93. The van der Waals surface area contributed by atoms with E-state index in [1.807, 2.05) is 0 Å². The van der Waals surface area contributed by atoms with Crippen LogP contribution in [0.3, 0.4) is 0 Å². The van der Waals surface area contributed by atoms with Crippen molar-refractivity contribution in [1.82, 2.24) is 10.2 Å². The Bertz CT molecular complexity index is 637. The average molecular weight is 340 g/mol. The number of hydrogen-bond donors (Lipinski definition) is 1. The lowest BCUT2D eigenvalue weighted by Crippen LogP contribution is -2.35. The zero-order valence-electron chi connectivity index (χ0n) is 12.7. The molecule has 1 aliphatic carbocycles. The molecule has 1 aromatic carbocycles. The van der Waals surface area contributed by atoms with Gasteiger partial charge < -0.3 is 10.2 Å². The minimum atomic E-state index is -0.670. The molecule has 1 N–H and O–H groups in total. The summed E-state index contributed by atoms with van der Waals surface area (Å²) >= 11 is 1.31. The number of nitrogens with one attached hydrogen (secondary N) is 1. The van der Waals surface area contributed by atoms with E-state index in [1.54, 1.807) is 6.92 Å². The maximum atomic E-state index is 14.0. The summed E-state index contributed by atoms with van der Waals surface area (Å²) in [6, 6.07) is 3.65. The van der Waals surface area contributed by atoms with Crippen molar-refractivity contribution < 1.29 is 18.4 Å². The molecule has 0 unspecified atom stereocenters. The van der Waals surface area contributed by atoms with Gasteiger partial charge in [-0.25, -0.2) is 8.78 Å². The summed E-state index contributed by atoms with van der Waals surface area (Å²) in [6.45, 7) is 1.99. The number of halogens is 2. The van der Waals surface area contributed by atoms with Crippen molar-refractivity contribution in [2.45, 2.75) is 42.9 Å². The van der Waals surface area contributed by atoms with Crippen molar-refractivity contribution in [2.24, 2.45) is 0 Å². The van der Waals surface area contributed by atoms with E-state index < -0.39 is 17.0 Å². The number of rotatable bonds is 5. The monoisotopic (exact) mass is 340 g/mol. The molecule has 1 aliphatic heterocycles. The molecule has 0 spiro atoms. The Morgan fingerprint density at radius 2 is 2.13 bits per heavy atom. The molecule has 2 amide bonds. The van der Waals surface area contributed by atoms with Crippen LogP contribution in [-0.4, -0.2) is 34.6 Å². The molecule has 124 valence electrons. The van der Waals surface area contributed by atoms with Gasteiger partial charge in [0.1, 0.15) is 17.0 Å². The van der Waals surface area contributed by atoms with E-state index in [1.165, 1.54) is 28.8 Å². The summed E-state index contributed by atoms with van der Waals surface area (Å²) in [6.07, 6.45) is 2.20. The summed E-state index contributed by atoms with van der Waals surface area (Å²) in [5.41, 5.74) is 0.275. The third-order valence-electron chi connectivity index (χ3n) is 4.00. The van der Waals surface area contributed by atoms with Gasteiger partial charge in [0.15, 0.2) is 0 Å². The van der Waals surface area contributed by atoms with Crippen molar-refractivity contribution in [1.29, 1.82) is 0 Å². The molecular formula is C16H18F2N2O2S. The third-order valence-corrected chi connectivity index (χ3v) is 5.37. The van der Waals surface area contributed by atoms with Crippen molar-refractivity contribution in [3.8, 4) is 0 Å². The highest BCUT2D eigenvalue weighted by Gasteiger charge is 2.39. The highest BCUT2D eigenvalue weighted by molar-refractivity contribution is 8.01. The number of nitrogens with zero attached hydrogens (tertiary/aromatic N) is 1. The molecule has 4 nitrogen and oxygen atoms in total. The number of hydrogen-bond acceptors (Lipinski definition) is 3. The van der Waals surface area contributed by atoms with E-state index >= 15 is 0 Å². The molecule has 1 heterocycles. The Morgan fingerprint density at radius 3 is 2.78 bits per heavy atom. The zero-order chi connectivity index (χ0) is 16.6. The van der Waals surface area contributed by atoms with Crippen LogP contribution in [-0.2, 0) is 9.59 Å². The Labute approximate surface area is 137 Å². The number of carbonyl (C=O) groups excluding carboxylic acids is 2. The quantitative estimate of drug-likeness (QED) is 0.896. The summed E-state index contributed by atoms with van der Waals surface area (Å²) in [7, 11) is 0. The maximum absolute atomic E-state index is 14.0. The third kappa shape index (κ3) is 3.65. The van der Waals surface area contributed by atoms with Crippen LogP contribution in [0.5, 0.6) is 0 Å². The first-order chi connectivity index (χ1) is 11.0. The largest absolute Gasteiger partial charge is 0.353 e. The van der Waals surface area contributed by atoms with E-state index in [-0.39, 0.29) is 41.6 Å². The van der Waals surface area contributed by atoms with Gasteiger partial charge in [-0.3, -0.25) is 9.59 Å². The fourth-order valence-electron chi connectivity index (χ4n) is 2.59. The first-order valence-corrected chi connectivity index (χ1v) is 8.60. The Balaban J connectivity index is 1.71. The van der Waals surface area contributed by atoms with Crippen LogP contribution < -0.4 is 5.32 Å². The number of thioether (sulfide) groups is 1. The average Bonchev–Trinajstić information content (AvgIpc) is 3.25. The molecule has 0 bridgehead atoms. The lowest BCUT2D eigenvalue weighted by atomic mass is 10.1. The van der Waals surface area contributed by atoms with Gasteiger partial charge in [-0.15, -0.1) is 11.8 Å². The summed E-state index contributed by atoms with van der Waals surface area (Å²) in [5.74, 6) is -1.54. The smallest absolute Gasteiger partial charge is 0.236 e. The fraction of sp³-hybridized carbons (Fsp3) is 0.500. The van der Waals surface area contributed by atoms with Crippen LogP contribution in [0.1, 0.15) is 37.1 Å². The maximum Gasteiger partial charge on any atom is 0.236 e. The van der Waals surface area contributed by atoms with E-state index in [2.05, 4.69) is 5.32 Å². The van der Waals surface area contributed by atoms with Crippen LogP contribution in [0.2, 0.25) is 0 Å². The predicted octanol–water partition coefficient (Wildman–Crippen LogP) is 2.60. The Hall–Kier alpha value is -1.63. The normalized spacial score (nSPS) is 24.1.